The molecule has 0 saturated heterocycles. The number of benzene rings is 2. The van der Waals surface area contributed by atoms with E-state index in [0.29, 0.717) is 0 Å². The Balaban J connectivity index is 2.28. The molecule has 0 bridgehead atoms. The standard InChI is InChI=1S/C14H11ClFN3O2/c15-9-3-1-7(13(18)20)6-12(9)19-14(21)8-2-4-11(17)10(16)5-8/h1-6H,17H2,(H2,18,20)(H,19,21). The van der Waals surface area contributed by atoms with Crippen LogP contribution >= 0.6 is 11.6 Å². The summed E-state index contributed by atoms with van der Waals surface area (Å²) >= 11 is 5.93. The third-order valence-electron chi connectivity index (χ3n) is 2.76. The lowest BCUT2D eigenvalue weighted by Crippen LogP contribution is -2.15. The molecule has 2 aromatic rings. The van der Waals surface area contributed by atoms with E-state index in [0.717, 1.165) is 6.07 Å². The van der Waals surface area contributed by atoms with Crippen LogP contribution in [-0.2, 0) is 0 Å². The highest BCUT2D eigenvalue weighted by atomic mass is 35.5. The highest BCUT2D eigenvalue weighted by molar-refractivity contribution is 6.34. The topological polar surface area (TPSA) is 98.2 Å². The fourth-order valence-electron chi connectivity index (χ4n) is 1.64. The third kappa shape index (κ3) is 3.29. The molecule has 5 nitrogen and oxygen atoms in total. The molecule has 0 aliphatic rings. The average molecular weight is 308 g/mol. The van der Waals surface area contributed by atoms with Gasteiger partial charge in [-0.15, -0.1) is 0 Å². The van der Waals surface area contributed by atoms with Crippen molar-refractivity contribution >= 4 is 34.8 Å². The number of anilines is 2. The number of nitrogens with two attached hydrogens (primary N) is 2. The minimum absolute atomic E-state index is 0.0553. The number of nitrogens with one attached hydrogen (secondary N) is 1. The van der Waals surface area contributed by atoms with Gasteiger partial charge >= 0.3 is 0 Å². The summed E-state index contributed by atoms with van der Waals surface area (Å²) in [5, 5.41) is 2.71. The number of hydrogen-bond acceptors (Lipinski definition) is 3. The summed E-state index contributed by atoms with van der Waals surface area (Å²) in [6.07, 6.45) is 0. The molecule has 0 aliphatic carbocycles. The normalized spacial score (nSPS) is 10.2. The van der Waals surface area contributed by atoms with Crippen molar-refractivity contribution in [3.8, 4) is 0 Å². The summed E-state index contributed by atoms with van der Waals surface area (Å²) in [6.45, 7) is 0. The summed E-state index contributed by atoms with van der Waals surface area (Å²) in [5.74, 6) is -1.93. The number of carbonyl (C=O) groups is 2. The quantitative estimate of drug-likeness (QED) is 0.759. The summed E-state index contributed by atoms with van der Waals surface area (Å²) < 4.78 is 13.3. The Kier molecular flexibility index (Phi) is 4.09. The summed E-state index contributed by atoms with van der Waals surface area (Å²) in [6, 6.07) is 7.88. The molecular weight excluding hydrogens is 297 g/mol. The van der Waals surface area contributed by atoms with Crippen LogP contribution in [0.3, 0.4) is 0 Å². The monoisotopic (exact) mass is 307 g/mol. The van der Waals surface area contributed by atoms with E-state index in [4.69, 9.17) is 23.1 Å². The van der Waals surface area contributed by atoms with E-state index in [1.165, 1.54) is 30.3 Å². The van der Waals surface area contributed by atoms with Crippen LogP contribution in [0, 0.1) is 5.82 Å². The van der Waals surface area contributed by atoms with E-state index in [1.807, 2.05) is 0 Å². The molecule has 2 rings (SSSR count). The number of hydrogen-bond donors (Lipinski definition) is 3. The Morgan fingerprint density at radius 1 is 1.10 bits per heavy atom. The van der Waals surface area contributed by atoms with Crippen molar-refractivity contribution in [3.63, 3.8) is 0 Å². The first-order chi connectivity index (χ1) is 9.88. The Labute approximate surface area is 124 Å². The number of nitrogen functional groups attached to an aromatic ring is 1. The van der Waals surface area contributed by atoms with Gasteiger partial charge in [0.05, 0.1) is 16.4 Å². The van der Waals surface area contributed by atoms with Crippen LogP contribution in [0.15, 0.2) is 36.4 Å². The van der Waals surface area contributed by atoms with Gasteiger partial charge in [0.15, 0.2) is 0 Å². The average Bonchev–Trinajstić information content (AvgIpc) is 2.43. The Bertz CT molecular complexity index is 734. The van der Waals surface area contributed by atoms with E-state index < -0.39 is 17.6 Å². The Morgan fingerprint density at radius 3 is 2.38 bits per heavy atom. The predicted molar refractivity (Wildman–Crippen MR) is 78.7 cm³/mol. The molecule has 0 spiro atoms. The van der Waals surface area contributed by atoms with Crippen molar-refractivity contribution in [2.75, 3.05) is 11.1 Å². The van der Waals surface area contributed by atoms with E-state index in [1.54, 1.807) is 0 Å². The van der Waals surface area contributed by atoms with Gasteiger partial charge in [-0.1, -0.05) is 11.6 Å². The largest absolute Gasteiger partial charge is 0.396 e. The van der Waals surface area contributed by atoms with Gasteiger partial charge in [-0.05, 0) is 36.4 Å². The van der Waals surface area contributed by atoms with E-state index in [9.17, 15) is 14.0 Å². The van der Waals surface area contributed by atoms with Gasteiger partial charge in [-0.25, -0.2) is 4.39 Å². The van der Waals surface area contributed by atoms with Gasteiger partial charge in [0, 0.05) is 11.1 Å². The second kappa shape index (κ2) is 5.80. The number of primary amides is 1. The summed E-state index contributed by atoms with van der Waals surface area (Å²) in [4.78, 5) is 23.1. The molecule has 0 saturated carbocycles. The lowest BCUT2D eigenvalue weighted by molar-refractivity contribution is 0.0996. The number of halogens is 2. The van der Waals surface area contributed by atoms with Crippen LogP contribution in [-0.4, -0.2) is 11.8 Å². The van der Waals surface area contributed by atoms with Gasteiger partial charge in [-0.2, -0.15) is 0 Å². The molecule has 0 heterocycles. The smallest absolute Gasteiger partial charge is 0.255 e. The maximum absolute atomic E-state index is 13.3. The summed E-state index contributed by atoms with van der Waals surface area (Å²) in [5.41, 5.74) is 10.9. The molecule has 2 amide bonds. The molecule has 0 radical (unpaired) electrons. The fourth-order valence-corrected chi connectivity index (χ4v) is 1.80. The molecule has 0 atom stereocenters. The Morgan fingerprint density at radius 2 is 1.76 bits per heavy atom. The van der Waals surface area contributed by atoms with Crippen molar-refractivity contribution in [3.05, 3.63) is 58.4 Å². The van der Waals surface area contributed by atoms with E-state index >= 15 is 0 Å². The molecule has 0 unspecified atom stereocenters. The van der Waals surface area contributed by atoms with E-state index in [-0.39, 0.29) is 27.5 Å². The highest BCUT2D eigenvalue weighted by Crippen LogP contribution is 2.24. The second-order valence-electron chi connectivity index (χ2n) is 4.25. The summed E-state index contributed by atoms with van der Waals surface area (Å²) in [7, 11) is 0. The van der Waals surface area contributed by atoms with Crippen LogP contribution in [0.2, 0.25) is 5.02 Å². The van der Waals surface area contributed by atoms with Crippen LogP contribution in [0.1, 0.15) is 20.7 Å². The van der Waals surface area contributed by atoms with Crippen LogP contribution in [0.5, 0.6) is 0 Å². The molecular formula is C14H11ClFN3O2. The van der Waals surface area contributed by atoms with Crippen molar-refractivity contribution in [2.24, 2.45) is 5.73 Å². The minimum atomic E-state index is -0.695. The molecule has 0 aromatic heterocycles. The van der Waals surface area contributed by atoms with Crippen molar-refractivity contribution < 1.29 is 14.0 Å². The van der Waals surface area contributed by atoms with Gasteiger partial charge in [0.1, 0.15) is 5.82 Å². The van der Waals surface area contributed by atoms with Crippen LogP contribution < -0.4 is 16.8 Å². The molecule has 21 heavy (non-hydrogen) atoms. The van der Waals surface area contributed by atoms with Crippen molar-refractivity contribution in [1.29, 1.82) is 0 Å². The van der Waals surface area contributed by atoms with Gasteiger partial charge in [-0.3, -0.25) is 9.59 Å². The molecule has 0 fully saturated rings. The van der Waals surface area contributed by atoms with Gasteiger partial charge in [0.25, 0.3) is 5.91 Å². The zero-order valence-corrected chi connectivity index (χ0v) is 11.4. The first-order valence-corrected chi connectivity index (χ1v) is 6.22. The zero-order chi connectivity index (χ0) is 15.6. The maximum Gasteiger partial charge on any atom is 0.255 e. The first kappa shape index (κ1) is 14.8. The van der Waals surface area contributed by atoms with Crippen molar-refractivity contribution in [2.45, 2.75) is 0 Å². The van der Waals surface area contributed by atoms with E-state index in [2.05, 4.69) is 5.32 Å². The number of amides is 2. The maximum atomic E-state index is 13.3. The number of carbonyl (C=O) groups excluding carboxylic acids is 2. The molecule has 5 N–H and O–H groups in total. The predicted octanol–water partition coefficient (Wildman–Crippen LogP) is 2.41. The van der Waals surface area contributed by atoms with Crippen LogP contribution in [0.25, 0.3) is 0 Å². The SMILES string of the molecule is NC(=O)c1ccc(Cl)c(NC(=O)c2ccc(N)c(F)c2)c1. The fraction of sp³-hybridized carbons (Fsp3) is 0. The van der Waals surface area contributed by atoms with Gasteiger partial charge in [0.2, 0.25) is 5.91 Å². The van der Waals surface area contributed by atoms with Crippen molar-refractivity contribution in [1.82, 2.24) is 0 Å². The Hall–Kier alpha value is -2.60. The lowest BCUT2D eigenvalue weighted by atomic mass is 10.1. The lowest BCUT2D eigenvalue weighted by Gasteiger charge is -2.09. The van der Waals surface area contributed by atoms with Crippen LogP contribution in [0.4, 0.5) is 15.8 Å². The molecule has 108 valence electrons. The molecule has 0 aliphatic heterocycles. The zero-order valence-electron chi connectivity index (χ0n) is 10.7. The van der Waals surface area contributed by atoms with Gasteiger partial charge < -0.3 is 16.8 Å². The second-order valence-corrected chi connectivity index (χ2v) is 4.66. The minimum Gasteiger partial charge on any atom is -0.396 e. The first-order valence-electron chi connectivity index (χ1n) is 5.84. The molecule has 7 heteroatoms. The third-order valence-corrected chi connectivity index (χ3v) is 3.09. The number of rotatable bonds is 3. The molecule has 2 aromatic carbocycles. The highest BCUT2D eigenvalue weighted by Gasteiger charge is 2.12.